The number of rotatable bonds is 5. The number of aromatic nitrogens is 4. The summed E-state index contributed by atoms with van der Waals surface area (Å²) in [6.45, 7) is 6.63. The molecule has 0 fully saturated rings. The van der Waals surface area contributed by atoms with Gasteiger partial charge in [0.25, 0.3) is 5.91 Å². The first-order valence-corrected chi connectivity index (χ1v) is 10.1. The lowest BCUT2D eigenvalue weighted by molar-refractivity contribution is 0.0943. The van der Waals surface area contributed by atoms with E-state index >= 15 is 0 Å². The van der Waals surface area contributed by atoms with Gasteiger partial charge in [0.15, 0.2) is 5.65 Å². The molecule has 0 spiro atoms. The zero-order valence-corrected chi connectivity index (χ0v) is 18.1. The molecule has 0 aliphatic rings. The number of benzene rings is 1. The molecule has 0 bridgehead atoms. The molecule has 3 aromatic heterocycles. The summed E-state index contributed by atoms with van der Waals surface area (Å²) < 4.78 is 6.87. The third kappa shape index (κ3) is 4.40. The SMILES string of the molecule is COc1ccc(-c2cc(C(=O)NCc3cccnc3)n3nc(C(C)(C)C)cc3n2)cc1. The minimum absolute atomic E-state index is 0.169. The van der Waals surface area contributed by atoms with Gasteiger partial charge in [-0.2, -0.15) is 5.10 Å². The van der Waals surface area contributed by atoms with Crippen LogP contribution in [0.4, 0.5) is 0 Å². The summed E-state index contributed by atoms with van der Waals surface area (Å²) in [5.41, 5.74) is 4.27. The van der Waals surface area contributed by atoms with Gasteiger partial charge < -0.3 is 10.1 Å². The molecule has 3 heterocycles. The van der Waals surface area contributed by atoms with Crippen molar-refractivity contribution < 1.29 is 9.53 Å². The standard InChI is InChI=1S/C24H25N5O2/c1-24(2,3)21-13-22-27-19(17-7-9-18(31-4)10-8-17)12-20(29(22)28-21)23(30)26-15-16-6-5-11-25-14-16/h5-14H,15H2,1-4H3,(H,26,30). The van der Waals surface area contributed by atoms with Crippen LogP contribution in [0, 0.1) is 0 Å². The fourth-order valence-electron chi connectivity index (χ4n) is 3.19. The second-order valence-corrected chi connectivity index (χ2v) is 8.35. The fraction of sp³-hybridized carbons (Fsp3) is 0.250. The van der Waals surface area contributed by atoms with Crippen LogP contribution in [0.3, 0.4) is 0 Å². The van der Waals surface area contributed by atoms with Crippen LogP contribution in [-0.2, 0) is 12.0 Å². The van der Waals surface area contributed by atoms with Gasteiger partial charge in [-0.15, -0.1) is 0 Å². The summed E-state index contributed by atoms with van der Waals surface area (Å²) in [7, 11) is 1.63. The number of ether oxygens (including phenoxy) is 1. The first-order chi connectivity index (χ1) is 14.8. The number of nitrogens with zero attached hydrogens (tertiary/aromatic N) is 4. The molecule has 1 N–H and O–H groups in total. The van der Waals surface area contributed by atoms with E-state index in [1.54, 1.807) is 30.1 Å². The summed E-state index contributed by atoms with van der Waals surface area (Å²) in [5.74, 6) is 0.535. The number of carbonyl (C=O) groups excluding carboxylic acids is 1. The molecule has 1 aromatic carbocycles. The Labute approximate surface area is 181 Å². The highest BCUT2D eigenvalue weighted by Crippen LogP contribution is 2.26. The Hall–Kier alpha value is -3.74. The van der Waals surface area contributed by atoms with Gasteiger partial charge in [0.2, 0.25) is 0 Å². The van der Waals surface area contributed by atoms with Crippen molar-refractivity contribution in [3.05, 3.63) is 77.9 Å². The van der Waals surface area contributed by atoms with Crippen molar-refractivity contribution in [2.45, 2.75) is 32.7 Å². The van der Waals surface area contributed by atoms with Crippen LogP contribution in [0.5, 0.6) is 5.75 Å². The molecule has 31 heavy (non-hydrogen) atoms. The number of fused-ring (bicyclic) bond motifs is 1. The Morgan fingerprint density at radius 3 is 2.55 bits per heavy atom. The predicted molar refractivity (Wildman–Crippen MR) is 119 cm³/mol. The smallest absolute Gasteiger partial charge is 0.270 e. The highest BCUT2D eigenvalue weighted by Gasteiger charge is 2.22. The number of pyridine rings is 1. The maximum absolute atomic E-state index is 13.1. The van der Waals surface area contributed by atoms with Crippen LogP contribution >= 0.6 is 0 Å². The molecule has 0 saturated heterocycles. The van der Waals surface area contributed by atoms with Crippen molar-refractivity contribution in [2.75, 3.05) is 7.11 Å². The van der Waals surface area contributed by atoms with E-state index in [4.69, 9.17) is 9.72 Å². The van der Waals surface area contributed by atoms with Crippen LogP contribution in [-0.4, -0.2) is 32.6 Å². The molecule has 0 aliphatic heterocycles. The molecule has 7 nitrogen and oxygen atoms in total. The molecule has 0 aliphatic carbocycles. The highest BCUT2D eigenvalue weighted by atomic mass is 16.5. The number of amides is 1. The minimum atomic E-state index is -0.227. The van der Waals surface area contributed by atoms with Gasteiger partial charge in [0.05, 0.1) is 18.5 Å². The molecule has 0 atom stereocenters. The van der Waals surface area contributed by atoms with E-state index in [2.05, 4.69) is 36.2 Å². The van der Waals surface area contributed by atoms with Crippen molar-refractivity contribution in [3.63, 3.8) is 0 Å². The van der Waals surface area contributed by atoms with E-state index in [0.717, 1.165) is 22.6 Å². The number of carbonyl (C=O) groups is 1. The summed E-state index contributed by atoms with van der Waals surface area (Å²) in [5, 5.41) is 7.65. The van der Waals surface area contributed by atoms with Crippen LogP contribution in [0.25, 0.3) is 16.9 Å². The van der Waals surface area contributed by atoms with Crippen LogP contribution < -0.4 is 10.1 Å². The number of hydrogen-bond acceptors (Lipinski definition) is 5. The van der Waals surface area contributed by atoms with Crippen molar-refractivity contribution in [1.29, 1.82) is 0 Å². The Bertz CT molecular complexity index is 1210. The lowest BCUT2D eigenvalue weighted by Crippen LogP contribution is -2.26. The van der Waals surface area contributed by atoms with Crippen molar-refractivity contribution >= 4 is 11.6 Å². The van der Waals surface area contributed by atoms with E-state index in [1.165, 1.54) is 0 Å². The largest absolute Gasteiger partial charge is 0.497 e. The Kier molecular flexibility index (Phi) is 5.42. The molecule has 0 saturated carbocycles. The zero-order chi connectivity index (χ0) is 22.0. The Morgan fingerprint density at radius 1 is 1.13 bits per heavy atom. The van der Waals surface area contributed by atoms with Crippen LogP contribution in [0.15, 0.2) is 60.9 Å². The van der Waals surface area contributed by atoms with E-state index in [9.17, 15) is 4.79 Å². The Morgan fingerprint density at radius 2 is 1.90 bits per heavy atom. The van der Waals surface area contributed by atoms with Gasteiger partial charge in [-0.05, 0) is 42.0 Å². The van der Waals surface area contributed by atoms with Gasteiger partial charge >= 0.3 is 0 Å². The lowest BCUT2D eigenvalue weighted by Gasteiger charge is -2.13. The summed E-state index contributed by atoms with van der Waals surface area (Å²) in [6.07, 6.45) is 3.44. The normalized spacial score (nSPS) is 11.5. The number of methoxy groups -OCH3 is 1. The molecule has 158 valence electrons. The molecule has 4 rings (SSSR count). The van der Waals surface area contributed by atoms with Crippen LogP contribution in [0.2, 0.25) is 0 Å². The summed E-state index contributed by atoms with van der Waals surface area (Å²) >= 11 is 0. The van der Waals surface area contributed by atoms with E-state index < -0.39 is 0 Å². The first kappa shape index (κ1) is 20.5. The third-order valence-corrected chi connectivity index (χ3v) is 4.99. The molecule has 1 amide bonds. The second-order valence-electron chi connectivity index (χ2n) is 8.35. The van der Waals surface area contributed by atoms with E-state index in [1.807, 2.05) is 42.5 Å². The molecule has 4 aromatic rings. The van der Waals surface area contributed by atoms with Gasteiger partial charge in [0, 0.05) is 36.0 Å². The molecule has 0 radical (unpaired) electrons. The van der Waals surface area contributed by atoms with Gasteiger partial charge in [0.1, 0.15) is 11.4 Å². The van der Waals surface area contributed by atoms with E-state index in [-0.39, 0.29) is 11.3 Å². The van der Waals surface area contributed by atoms with Crippen molar-refractivity contribution in [1.82, 2.24) is 24.9 Å². The minimum Gasteiger partial charge on any atom is -0.497 e. The van der Waals surface area contributed by atoms with Crippen molar-refractivity contribution in [2.24, 2.45) is 0 Å². The summed E-state index contributed by atoms with van der Waals surface area (Å²) in [4.78, 5) is 22.0. The van der Waals surface area contributed by atoms with Gasteiger partial charge in [-0.25, -0.2) is 9.50 Å². The Balaban J connectivity index is 1.76. The average molecular weight is 415 g/mol. The summed E-state index contributed by atoms with van der Waals surface area (Å²) in [6, 6.07) is 15.1. The molecule has 0 unspecified atom stereocenters. The predicted octanol–water partition coefficient (Wildman–Crippen LogP) is 4.03. The van der Waals surface area contributed by atoms with Gasteiger partial charge in [-0.1, -0.05) is 26.8 Å². The van der Waals surface area contributed by atoms with Crippen molar-refractivity contribution in [3.8, 4) is 17.0 Å². The monoisotopic (exact) mass is 415 g/mol. The first-order valence-electron chi connectivity index (χ1n) is 10.1. The second kappa shape index (κ2) is 8.18. The average Bonchev–Trinajstić information content (AvgIpc) is 3.22. The third-order valence-electron chi connectivity index (χ3n) is 4.99. The quantitative estimate of drug-likeness (QED) is 0.532. The van der Waals surface area contributed by atoms with E-state index in [0.29, 0.717) is 23.6 Å². The number of nitrogens with one attached hydrogen (secondary N) is 1. The zero-order valence-electron chi connectivity index (χ0n) is 18.1. The maximum atomic E-state index is 13.1. The molecular formula is C24H25N5O2. The highest BCUT2D eigenvalue weighted by molar-refractivity contribution is 5.94. The number of hydrogen-bond donors (Lipinski definition) is 1. The fourth-order valence-corrected chi connectivity index (χ4v) is 3.19. The molecule has 7 heteroatoms. The van der Waals surface area contributed by atoms with Gasteiger partial charge in [-0.3, -0.25) is 9.78 Å². The topological polar surface area (TPSA) is 81.4 Å². The molecular weight excluding hydrogens is 390 g/mol. The van der Waals surface area contributed by atoms with Crippen LogP contribution in [0.1, 0.15) is 42.5 Å². The maximum Gasteiger partial charge on any atom is 0.270 e. The lowest BCUT2D eigenvalue weighted by atomic mass is 9.93.